The van der Waals surface area contributed by atoms with Crippen molar-refractivity contribution in [3.05, 3.63) is 99.3 Å². The molecule has 0 aliphatic carbocycles. The highest BCUT2D eigenvalue weighted by Gasteiger charge is 2.28. The zero-order chi connectivity index (χ0) is 27.4. The third kappa shape index (κ3) is 7.02. The minimum absolute atomic E-state index is 0.0868. The van der Waals surface area contributed by atoms with Crippen LogP contribution in [0.3, 0.4) is 0 Å². The number of likely N-dealkylation sites (tertiary alicyclic amines) is 1. The summed E-state index contributed by atoms with van der Waals surface area (Å²) >= 11 is 6.25. The summed E-state index contributed by atoms with van der Waals surface area (Å²) in [4.78, 5) is 31.8. The highest BCUT2D eigenvalue weighted by atomic mass is 35.5. The number of nitrogens with zero attached hydrogens (tertiary/aromatic N) is 2. The Hall–Kier alpha value is -3.18. The first-order valence-electron chi connectivity index (χ1n) is 13.3. The highest BCUT2D eigenvalue weighted by molar-refractivity contribution is 6.30. The van der Waals surface area contributed by atoms with Crippen molar-refractivity contribution < 1.29 is 14.3 Å². The minimum atomic E-state index is -0.486. The van der Waals surface area contributed by atoms with Gasteiger partial charge in [-0.05, 0) is 99.9 Å². The van der Waals surface area contributed by atoms with Crippen molar-refractivity contribution in [2.75, 3.05) is 13.1 Å². The van der Waals surface area contributed by atoms with Gasteiger partial charge in [0.2, 0.25) is 0 Å². The van der Waals surface area contributed by atoms with Gasteiger partial charge in [-0.1, -0.05) is 41.9 Å². The van der Waals surface area contributed by atoms with Crippen LogP contribution in [-0.2, 0) is 4.74 Å². The van der Waals surface area contributed by atoms with E-state index >= 15 is 0 Å². The van der Waals surface area contributed by atoms with Gasteiger partial charge in [0.25, 0.3) is 0 Å². The van der Waals surface area contributed by atoms with Crippen LogP contribution in [0.5, 0.6) is 0 Å². The van der Waals surface area contributed by atoms with E-state index in [1.807, 2.05) is 63.8 Å². The molecule has 200 valence electrons. The second kappa shape index (κ2) is 11.7. The number of amides is 1. The summed E-state index contributed by atoms with van der Waals surface area (Å²) in [5, 5.41) is 0.689. The molecule has 4 rings (SSSR count). The molecule has 0 spiro atoms. The van der Waals surface area contributed by atoms with E-state index in [4.69, 9.17) is 16.3 Å². The first kappa shape index (κ1) is 27.8. The molecule has 3 aromatic rings. The van der Waals surface area contributed by atoms with Gasteiger partial charge < -0.3 is 9.64 Å². The second-order valence-corrected chi connectivity index (χ2v) is 11.7. The van der Waals surface area contributed by atoms with Crippen LogP contribution in [0.15, 0.2) is 60.8 Å². The smallest absolute Gasteiger partial charge is 0.410 e. The molecule has 1 aliphatic heterocycles. The zero-order valence-corrected chi connectivity index (χ0v) is 23.7. The SMILES string of the molecule is Cc1cc(C(=O)C[C@H](c2ccc(C3CCN(C(=O)OC(C)(C)C)CC3)cc2)c2ccc(Cl)cc2C)ccn1. The van der Waals surface area contributed by atoms with Crippen molar-refractivity contribution in [3.8, 4) is 0 Å². The average Bonchev–Trinajstić information content (AvgIpc) is 2.87. The van der Waals surface area contributed by atoms with Crippen molar-refractivity contribution in [1.82, 2.24) is 9.88 Å². The summed E-state index contributed by atoms with van der Waals surface area (Å²) in [5.74, 6) is 0.393. The van der Waals surface area contributed by atoms with E-state index < -0.39 is 5.60 Å². The highest BCUT2D eigenvalue weighted by Crippen LogP contribution is 2.35. The molecule has 1 fully saturated rings. The van der Waals surface area contributed by atoms with Crippen LogP contribution in [0.25, 0.3) is 0 Å². The molecule has 0 N–H and O–H groups in total. The van der Waals surface area contributed by atoms with Crippen molar-refractivity contribution in [3.63, 3.8) is 0 Å². The lowest BCUT2D eigenvalue weighted by Gasteiger charge is -2.33. The molecule has 1 atom stereocenters. The Kier molecular flexibility index (Phi) is 8.57. The Morgan fingerprint density at radius 3 is 2.32 bits per heavy atom. The van der Waals surface area contributed by atoms with Crippen LogP contribution < -0.4 is 0 Å². The van der Waals surface area contributed by atoms with Crippen LogP contribution in [0, 0.1) is 13.8 Å². The van der Waals surface area contributed by atoms with Crippen LogP contribution in [-0.4, -0.2) is 40.5 Å². The summed E-state index contributed by atoms with van der Waals surface area (Å²) in [6.07, 6.45) is 3.62. The fourth-order valence-corrected chi connectivity index (χ4v) is 5.41. The normalized spacial score (nSPS) is 15.3. The topological polar surface area (TPSA) is 59.5 Å². The number of carbonyl (C=O) groups excluding carboxylic acids is 2. The molecule has 0 saturated carbocycles. The standard InChI is InChI=1S/C32H37ClN2O3/c1-21-18-27(33)10-11-28(21)29(20-30(36)26-12-15-34-22(2)19-26)25-8-6-23(7-9-25)24-13-16-35(17-14-24)31(37)38-32(3,4)5/h6-12,15,18-19,24,29H,13-14,16-17,20H2,1-5H3/t29-/m1/s1. The van der Waals surface area contributed by atoms with E-state index in [2.05, 4.69) is 29.2 Å². The Morgan fingerprint density at radius 1 is 1.03 bits per heavy atom. The lowest BCUT2D eigenvalue weighted by Crippen LogP contribution is -2.41. The van der Waals surface area contributed by atoms with E-state index in [1.54, 1.807) is 12.3 Å². The predicted octanol–water partition coefficient (Wildman–Crippen LogP) is 7.87. The first-order valence-corrected chi connectivity index (χ1v) is 13.7. The number of benzene rings is 2. The number of aromatic nitrogens is 1. The summed E-state index contributed by atoms with van der Waals surface area (Å²) in [5.41, 5.74) is 5.57. The number of rotatable bonds is 6. The number of halogens is 1. The van der Waals surface area contributed by atoms with Gasteiger partial charge in [0, 0.05) is 47.9 Å². The summed E-state index contributed by atoms with van der Waals surface area (Å²) in [6, 6.07) is 18.2. The quantitative estimate of drug-likeness (QED) is 0.303. The molecule has 6 heteroatoms. The number of ketones is 1. The van der Waals surface area contributed by atoms with Crippen LogP contribution in [0.4, 0.5) is 4.79 Å². The van der Waals surface area contributed by atoms with E-state index in [9.17, 15) is 9.59 Å². The molecule has 38 heavy (non-hydrogen) atoms. The third-order valence-corrected chi connectivity index (χ3v) is 7.41. The van der Waals surface area contributed by atoms with Crippen LogP contribution in [0.2, 0.25) is 5.02 Å². The molecule has 1 aliphatic rings. The monoisotopic (exact) mass is 532 g/mol. The maximum atomic E-state index is 13.3. The fourth-order valence-electron chi connectivity index (χ4n) is 5.18. The Balaban J connectivity index is 1.52. The molecule has 0 unspecified atom stereocenters. The molecular formula is C32H37ClN2O3. The molecular weight excluding hydrogens is 496 g/mol. The molecule has 1 amide bonds. The van der Waals surface area contributed by atoms with Gasteiger partial charge in [-0.25, -0.2) is 4.79 Å². The molecule has 1 aromatic heterocycles. The zero-order valence-electron chi connectivity index (χ0n) is 23.0. The van der Waals surface area contributed by atoms with Crippen molar-refractivity contribution in [2.24, 2.45) is 0 Å². The second-order valence-electron chi connectivity index (χ2n) is 11.3. The molecule has 5 nitrogen and oxygen atoms in total. The lowest BCUT2D eigenvalue weighted by molar-refractivity contribution is 0.0204. The van der Waals surface area contributed by atoms with E-state index in [-0.39, 0.29) is 17.8 Å². The number of pyridine rings is 1. The van der Waals surface area contributed by atoms with Gasteiger partial charge >= 0.3 is 6.09 Å². The number of carbonyl (C=O) groups is 2. The molecule has 1 saturated heterocycles. The van der Waals surface area contributed by atoms with Crippen LogP contribution >= 0.6 is 11.6 Å². The van der Waals surface area contributed by atoms with Crippen molar-refractivity contribution >= 4 is 23.5 Å². The molecule has 0 radical (unpaired) electrons. The predicted molar refractivity (Wildman–Crippen MR) is 152 cm³/mol. The number of hydrogen-bond acceptors (Lipinski definition) is 4. The maximum Gasteiger partial charge on any atom is 0.410 e. The Labute approximate surface area is 231 Å². The van der Waals surface area contributed by atoms with Crippen molar-refractivity contribution in [1.29, 1.82) is 0 Å². The average molecular weight is 533 g/mol. The summed E-state index contributed by atoms with van der Waals surface area (Å²) < 4.78 is 5.54. The third-order valence-electron chi connectivity index (χ3n) is 7.17. The minimum Gasteiger partial charge on any atom is -0.444 e. The maximum absolute atomic E-state index is 13.3. The molecule has 2 aromatic carbocycles. The van der Waals surface area contributed by atoms with Gasteiger partial charge in [0.1, 0.15) is 5.60 Å². The molecule has 0 bridgehead atoms. The lowest BCUT2D eigenvalue weighted by atomic mass is 9.82. The number of piperidine rings is 1. The molecule has 2 heterocycles. The van der Waals surface area contributed by atoms with Gasteiger partial charge in [-0.15, -0.1) is 0 Å². The van der Waals surface area contributed by atoms with Crippen molar-refractivity contribution in [2.45, 2.75) is 71.3 Å². The van der Waals surface area contributed by atoms with Gasteiger partial charge in [0.15, 0.2) is 5.78 Å². The Morgan fingerprint density at radius 2 is 1.71 bits per heavy atom. The van der Waals surface area contributed by atoms with Crippen LogP contribution in [0.1, 0.15) is 90.2 Å². The first-order chi connectivity index (χ1) is 18.0. The fraction of sp³-hybridized carbons (Fsp3) is 0.406. The number of Topliss-reactive ketones (excluding diaryl/α,β-unsaturated/α-hetero) is 1. The van der Waals surface area contributed by atoms with Gasteiger partial charge in [0.05, 0.1) is 0 Å². The van der Waals surface area contributed by atoms with E-state index in [1.165, 1.54) is 5.56 Å². The van der Waals surface area contributed by atoms with E-state index in [0.29, 0.717) is 36.0 Å². The van der Waals surface area contributed by atoms with Gasteiger partial charge in [-0.2, -0.15) is 0 Å². The summed E-state index contributed by atoms with van der Waals surface area (Å²) in [6.45, 7) is 11.0. The van der Waals surface area contributed by atoms with E-state index in [0.717, 1.165) is 35.2 Å². The number of aryl methyl sites for hydroxylation is 2. The van der Waals surface area contributed by atoms with Gasteiger partial charge in [-0.3, -0.25) is 9.78 Å². The number of hydrogen-bond donors (Lipinski definition) is 0. The largest absolute Gasteiger partial charge is 0.444 e. The number of ether oxygens (including phenoxy) is 1. The Bertz CT molecular complexity index is 1290. The summed E-state index contributed by atoms with van der Waals surface area (Å²) in [7, 11) is 0.